The fraction of sp³-hybridized carbons (Fsp3) is 0.533. The number of halogens is 1. The summed E-state index contributed by atoms with van der Waals surface area (Å²) in [6, 6.07) is 6.20. The molecule has 1 nitrogen and oxygen atoms in total. The van der Waals surface area contributed by atoms with Crippen LogP contribution in [0.15, 0.2) is 22.7 Å². The molecule has 0 N–H and O–H groups in total. The number of carbonyl (C=O) groups excluding carboxylic acids is 1. The Hall–Kier alpha value is -0.630. The topological polar surface area (TPSA) is 17.1 Å². The molecule has 1 aromatic rings. The van der Waals surface area contributed by atoms with Crippen LogP contribution in [-0.4, -0.2) is 5.78 Å². The number of hydrogen-bond acceptors (Lipinski definition) is 1. The Morgan fingerprint density at radius 3 is 2.59 bits per heavy atom. The van der Waals surface area contributed by atoms with Crippen LogP contribution >= 0.6 is 15.9 Å². The molecular formula is C15H17BrO. The Balaban J connectivity index is 2.12. The van der Waals surface area contributed by atoms with Crippen molar-refractivity contribution in [1.29, 1.82) is 0 Å². The monoisotopic (exact) mass is 292 g/mol. The lowest BCUT2D eigenvalue weighted by molar-refractivity contribution is 0.0938. The van der Waals surface area contributed by atoms with Crippen molar-refractivity contribution in [3.63, 3.8) is 0 Å². The third-order valence-electron chi connectivity index (χ3n) is 4.49. The molecule has 0 aromatic heterocycles. The van der Waals surface area contributed by atoms with Crippen molar-refractivity contribution < 1.29 is 4.79 Å². The molecule has 1 fully saturated rings. The van der Waals surface area contributed by atoms with Gasteiger partial charge in [-0.15, -0.1) is 0 Å². The van der Waals surface area contributed by atoms with Gasteiger partial charge in [-0.25, -0.2) is 0 Å². The molecule has 90 valence electrons. The molecule has 1 aromatic carbocycles. The van der Waals surface area contributed by atoms with E-state index in [2.05, 4.69) is 22.0 Å². The molecule has 0 saturated heterocycles. The normalized spacial score (nSPS) is 22.5. The summed E-state index contributed by atoms with van der Waals surface area (Å²) in [4.78, 5) is 12.0. The van der Waals surface area contributed by atoms with Gasteiger partial charge in [0.2, 0.25) is 0 Å². The van der Waals surface area contributed by atoms with Crippen LogP contribution in [0.5, 0.6) is 0 Å². The third kappa shape index (κ3) is 1.87. The van der Waals surface area contributed by atoms with Gasteiger partial charge < -0.3 is 0 Å². The predicted molar refractivity (Wildman–Crippen MR) is 72.5 cm³/mol. The quantitative estimate of drug-likeness (QED) is 0.681. The van der Waals surface area contributed by atoms with Crippen LogP contribution in [0.3, 0.4) is 0 Å². The summed E-state index contributed by atoms with van der Waals surface area (Å²) >= 11 is 3.55. The standard InChI is InChI=1S/C15H17BrO/c16-11-4-5-12-13(10-11)15(9-6-14(12)17)7-2-1-3-8-15/h4-5,10H,1-3,6-9H2. The van der Waals surface area contributed by atoms with Crippen LogP contribution in [0.2, 0.25) is 0 Å². The molecule has 3 rings (SSSR count). The van der Waals surface area contributed by atoms with Crippen LogP contribution < -0.4 is 0 Å². The molecule has 0 atom stereocenters. The summed E-state index contributed by atoms with van der Waals surface area (Å²) in [5, 5.41) is 0. The molecular weight excluding hydrogens is 276 g/mol. The fourth-order valence-electron chi connectivity index (χ4n) is 3.57. The Morgan fingerprint density at radius 1 is 1.06 bits per heavy atom. The summed E-state index contributed by atoms with van der Waals surface area (Å²) in [5.41, 5.74) is 2.62. The number of fused-ring (bicyclic) bond motifs is 2. The van der Waals surface area contributed by atoms with Crippen molar-refractivity contribution in [2.75, 3.05) is 0 Å². The number of rotatable bonds is 0. The Labute approximate surface area is 111 Å². The second-order valence-electron chi connectivity index (χ2n) is 5.45. The van der Waals surface area contributed by atoms with Crippen LogP contribution in [0, 0.1) is 0 Å². The molecule has 1 saturated carbocycles. The van der Waals surface area contributed by atoms with Gasteiger partial charge in [-0.3, -0.25) is 4.79 Å². The van der Waals surface area contributed by atoms with Crippen molar-refractivity contribution in [2.45, 2.75) is 50.4 Å². The van der Waals surface area contributed by atoms with Crippen molar-refractivity contribution in [1.82, 2.24) is 0 Å². The molecule has 0 bridgehead atoms. The highest BCUT2D eigenvalue weighted by atomic mass is 79.9. The number of hydrogen-bond donors (Lipinski definition) is 0. The van der Waals surface area contributed by atoms with Crippen LogP contribution in [-0.2, 0) is 5.41 Å². The largest absolute Gasteiger partial charge is 0.294 e. The molecule has 17 heavy (non-hydrogen) atoms. The van der Waals surface area contributed by atoms with E-state index >= 15 is 0 Å². The minimum atomic E-state index is 0.311. The highest BCUT2D eigenvalue weighted by Gasteiger charge is 2.39. The summed E-state index contributed by atoms with van der Waals surface area (Å²) in [5.74, 6) is 0.337. The van der Waals surface area contributed by atoms with E-state index in [0.29, 0.717) is 11.2 Å². The zero-order chi connectivity index (χ0) is 11.9. The SMILES string of the molecule is O=C1CCC2(CCCCC2)c2cc(Br)ccc21. The lowest BCUT2D eigenvalue weighted by Gasteiger charge is -2.41. The highest BCUT2D eigenvalue weighted by Crippen LogP contribution is 2.47. The van der Waals surface area contributed by atoms with E-state index in [1.54, 1.807) is 0 Å². The molecule has 0 unspecified atom stereocenters. The van der Waals surface area contributed by atoms with Gasteiger partial charge in [-0.1, -0.05) is 35.2 Å². The Bertz CT molecular complexity index is 458. The summed E-state index contributed by atoms with van der Waals surface area (Å²) in [6.07, 6.45) is 8.34. The molecule has 2 aliphatic rings. The zero-order valence-electron chi connectivity index (χ0n) is 9.97. The van der Waals surface area contributed by atoms with Gasteiger partial charge in [-0.2, -0.15) is 0 Å². The Morgan fingerprint density at radius 2 is 1.82 bits per heavy atom. The number of Topliss-reactive ketones (excluding diaryl/α,β-unsaturated/α-hetero) is 1. The van der Waals surface area contributed by atoms with Gasteiger partial charge in [0.15, 0.2) is 5.78 Å². The lowest BCUT2D eigenvalue weighted by Crippen LogP contribution is -2.35. The first-order chi connectivity index (χ1) is 8.21. The molecule has 1 spiro atoms. The second kappa shape index (κ2) is 4.24. The van der Waals surface area contributed by atoms with Crippen LogP contribution in [0.25, 0.3) is 0 Å². The van der Waals surface area contributed by atoms with Gasteiger partial charge in [0, 0.05) is 16.5 Å². The fourth-order valence-corrected chi connectivity index (χ4v) is 3.93. The summed E-state index contributed by atoms with van der Waals surface area (Å²) < 4.78 is 1.11. The van der Waals surface area contributed by atoms with E-state index in [1.807, 2.05) is 12.1 Å². The maximum Gasteiger partial charge on any atom is 0.163 e. The first kappa shape index (κ1) is 11.5. The average molecular weight is 293 g/mol. The second-order valence-corrected chi connectivity index (χ2v) is 6.37. The maximum absolute atomic E-state index is 12.0. The molecule has 0 amide bonds. The first-order valence-electron chi connectivity index (χ1n) is 6.55. The molecule has 0 aliphatic heterocycles. The number of ketones is 1. The van der Waals surface area contributed by atoms with Gasteiger partial charge in [0.25, 0.3) is 0 Å². The minimum Gasteiger partial charge on any atom is -0.294 e. The van der Waals surface area contributed by atoms with Gasteiger partial charge in [-0.05, 0) is 48.4 Å². The van der Waals surface area contributed by atoms with Crippen LogP contribution in [0.4, 0.5) is 0 Å². The van der Waals surface area contributed by atoms with Crippen LogP contribution in [0.1, 0.15) is 60.9 Å². The van der Waals surface area contributed by atoms with Crippen molar-refractivity contribution in [3.05, 3.63) is 33.8 Å². The van der Waals surface area contributed by atoms with Crippen molar-refractivity contribution in [3.8, 4) is 0 Å². The van der Waals surface area contributed by atoms with Gasteiger partial charge >= 0.3 is 0 Å². The predicted octanol–water partition coefficient (Wildman–Crippen LogP) is 4.63. The van der Waals surface area contributed by atoms with E-state index in [9.17, 15) is 4.79 Å². The van der Waals surface area contributed by atoms with Crippen molar-refractivity contribution in [2.24, 2.45) is 0 Å². The molecule has 0 radical (unpaired) electrons. The van der Waals surface area contributed by atoms with Gasteiger partial charge in [0.1, 0.15) is 0 Å². The summed E-state index contributed by atoms with van der Waals surface area (Å²) in [7, 11) is 0. The molecule has 2 aliphatic carbocycles. The van der Waals surface area contributed by atoms with E-state index in [-0.39, 0.29) is 0 Å². The first-order valence-corrected chi connectivity index (χ1v) is 7.34. The summed E-state index contributed by atoms with van der Waals surface area (Å²) in [6.45, 7) is 0. The average Bonchev–Trinajstić information content (AvgIpc) is 2.36. The third-order valence-corrected chi connectivity index (χ3v) is 4.99. The molecule has 0 heterocycles. The smallest absolute Gasteiger partial charge is 0.163 e. The van der Waals surface area contributed by atoms with Crippen molar-refractivity contribution >= 4 is 21.7 Å². The van der Waals surface area contributed by atoms with E-state index in [4.69, 9.17) is 0 Å². The van der Waals surface area contributed by atoms with E-state index in [0.717, 1.165) is 22.9 Å². The zero-order valence-corrected chi connectivity index (χ0v) is 11.6. The number of carbonyl (C=O) groups is 1. The lowest BCUT2D eigenvalue weighted by atomic mass is 9.62. The van der Waals surface area contributed by atoms with E-state index in [1.165, 1.54) is 37.7 Å². The van der Waals surface area contributed by atoms with Gasteiger partial charge in [0.05, 0.1) is 0 Å². The number of benzene rings is 1. The Kier molecular flexibility index (Phi) is 2.86. The highest BCUT2D eigenvalue weighted by molar-refractivity contribution is 9.10. The molecule has 2 heteroatoms. The minimum absolute atomic E-state index is 0.311. The van der Waals surface area contributed by atoms with E-state index < -0.39 is 0 Å². The maximum atomic E-state index is 12.0.